The van der Waals surface area contributed by atoms with Gasteiger partial charge in [0.15, 0.2) is 23.2 Å². The molecule has 1 amide bonds. The van der Waals surface area contributed by atoms with Crippen molar-refractivity contribution in [2.75, 3.05) is 32.9 Å². The van der Waals surface area contributed by atoms with Gasteiger partial charge in [-0.25, -0.2) is 8.78 Å². The van der Waals surface area contributed by atoms with Gasteiger partial charge in [-0.1, -0.05) is 0 Å². The molecule has 1 unspecified atom stereocenters. The molecular formula is C18H21F3N2O6. The summed E-state index contributed by atoms with van der Waals surface area (Å²) in [6, 6.07) is -0.862. The van der Waals surface area contributed by atoms with Gasteiger partial charge in [0.05, 0.1) is 25.6 Å². The summed E-state index contributed by atoms with van der Waals surface area (Å²) in [5.41, 5.74) is -0.234. The summed E-state index contributed by atoms with van der Waals surface area (Å²) in [4.78, 5) is 35.7. The number of aryl methyl sites for hydroxylation is 1. The van der Waals surface area contributed by atoms with Gasteiger partial charge in [0.25, 0.3) is 0 Å². The number of hydrogen-bond acceptors (Lipinski definition) is 6. The van der Waals surface area contributed by atoms with Crippen molar-refractivity contribution in [3.05, 3.63) is 29.1 Å². The van der Waals surface area contributed by atoms with Crippen LogP contribution in [0.1, 0.15) is 12.0 Å². The van der Waals surface area contributed by atoms with E-state index in [1.807, 2.05) is 0 Å². The van der Waals surface area contributed by atoms with Gasteiger partial charge in [0, 0.05) is 13.1 Å². The van der Waals surface area contributed by atoms with Crippen LogP contribution in [0.5, 0.6) is 5.75 Å². The Morgan fingerprint density at radius 1 is 1.34 bits per heavy atom. The number of ketones is 1. The minimum atomic E-state index is -1.61. The first-order valence-corrected chi connectivity index (χ1v) is 8.81. The van der Waals surface area contributed by atoms with E-state index in [2.05, 4.69) is 10.6 Å². The van der Waals surface area contributed by atoms with Crippen molar-refractivity contribution in [3.8, 4) is 5.75 Å². The molecular weight excluding hydrogens is 397 g/mol. The third kappa shape index (κ3) is 6.16. The summed E-state index contributed by atoms with van der Waals surface area (Å²) in [6.07, 6.45) is -0.762. The molecule has 0 saturated carbocycles. The molecule has 1 aliphatic rings. The molecule has 1 heterocycles. The van der Waals surface area contributed by atoms with Gasteiger partial charge >= 0.3 is 5.97 Å². The third-order valence-electron chi connectivity index (χ3n) is 4.24. The Bertz CT molecular complexity index is 755. The first-order valence-electron chi connectivity index (χ1n) is 8.81. The lowest BCUT2D eigenvalue weighted by Gasteiger charge is -2.20. The molecule has 160 valence electrons. The highest BCUT2D eigenvalue weighted by molar-refractivity contribution is 5.93. The number of aliphatic carboxylic acids is 1. The summed E-state index contributed by atoms with van der Waals surface area (Å²) in [6.45, 7) is 1.52. The van der Waals surface area contributed by atoms with Gasteiger partial charge in [0.2, 0.25) is 11.7 Å². The van der Waals surface area contributed by atoms with E-state index in [-0.39, 0.29) is 18.7 Å². The normalized spacial score (nSPS) is 17.9. The highest BCUT2D eigenvalue weighted by Crippen LogP contribution is 2.26. The Morgan fingerprint density at radius 3 is 2.76 bits per heavy atom. The molecule has 1 aliphatic heterocycles. The number of carbonyl (C=O) groups excluding carboxylic acids is 2. The molecule has 8 nitrogen and oxygen atoms in total. The highest BCUT2D eigenvalue weighted by Gasteiger charge is 2.29. The van der Waals surface area contributed by atoms with Crippen LogP contribution in [-0.4, -0.2) is 61.7 Å². The standard InChI is InChI=1S/C18H21F3N2O6/c1-9-4-11(19)16(21)17(15(9)20)29-8-13(24)12(5-14(25)26)23-18(27)10-6-22-2-3-28-7-10/h4,10,12,22H,2-3,5-8H2,1H3,(H,23,27)(H,25,26)/t10-,12?/m0/s1. The molecule has 1 aromatic carbocycles. The zero-order valence-corrected chi connectivity index (χ0v) is 15.6. The molecule has 0 aromatic heterocycles. The zero-order chi connectivity index (χ0) is 21.6. The van der Waals surface area contributed by atoms with Crippen molar-refractivity contribution in [1.82, 2.24) is 10.6 Å². The fourth-order valence-corrected chi connectivity index (χ4v) is 2.65. The number of benzene rings is 1. The van der Waals surface area contributed by atoms with E-state index in [9.17, 15) is 27.6 Å². The third-order valence-corrected chi connectivity index (χ3v) is 4.24. The van der Waals surface area contributed by atoms with Crippen LogP contribution >= 0.6 is 0 Å². The Labute approximate surface area is 164 Å². The van der Waals surface area contributed by atoms with Crippen molar-refractivity contribution in [1.29, 1.82) is 0 Å². The number of ether oxygens (including phenoxy) is 2. The van der Waals surface area contributed by atoms with E-state index in [0.717, 1.165) is 0 Å². The number of carbonyl (C=O) groups is 3. The number of amides is 1. The predicted molar refractivity (Wildman–Crippen MR) is 92.9 cm³/mol. The first kappa shape index (κ1) is 22.6. The molecule has 1 saturated heterocycles. The molecule has 0 radical (unpaired) electrons. The van der Waals surface area contributed by atoms with Crippen LogP contribution in [0.4, 0.5) is 13.2 Å². The topological polar surface area (TPSA) is 114 Å². The van der Waals surface area contributed by atoms with Crippen molar-refractivity contribution in [3.63, 3.8) is 0 Å². The molecule has 2 rings (SSSR count). The summed E-state index contributed by atoms with van der Waals surface area (Å²) >= 11 is 0. The smallest absolute Gasteiger partial charge is 0.305 e. The Balaban J connectivity index is 2.07. The lowest BCUT2D eigenvalue weighted by molar-refractivity contribution is -0.141. The van der Waals surface area contributed by atoms with Gasteiger partial charge in [-0.05, 0) is 18.6 Å². The number of Topliss-reactive ketones (excluding diaryl/α,β-unsaturated/α-hetero) is 1. The fourth-order valence-electron chi connectivity index (χ4n) is 2.65. The van der Waals surface area contributed by atoms with Crippen LogP contribution in [0, 0.1) is 30.3 Å². The largest absolute Gasteiger partial charge is 0.481 e. The van der Waals surface area contributed by atoms with Crippen LogP contribution in [0.15, 0.2) is 6.07 Å². The van der Waals surface area contributed by atoms with Gasteiger partial charge < -0.3 is 25.2 Å². The minimum absolute atomic E-state index is 0.0856. The first-order chi connectivity index (χ1) is 13.7. The van der Waals surface area contributed by atoms with Crippen molar-refractivity contribution < 1.29 is 42.1 Å². The number of hydrogen-bond donors (Lipinski definition) is 3. The molecule has 0 aliphatic carbocycles. The summed E-state index contributed by atoms with van der Waals surface area (Å²) < 4.78 is 51.2. The van der Waals surface area contributed by atoms with Crippen molar-refractivity contribution in [2.24, 2.45) is 5.92 Å². The average Bonchev–Trinajstić information content (AvgIpc) is 2.95. The second-order valence-corrected chi connectivity index (χ2v) is 6.52. The molecule has 1 fully saturated rings. The summed E-state index contributed by atoms with van der Waals surface area (Å²) in [5.74, 6) is -8.82. The molecule has 3 N–H and O–H groups in total. The summed E-state index contributed by atoms with van der Waals surface area (Å²) in [5, 5.41) is 14.3. The van der Waals surface area contributed by atoms with Crippen molar-refractivity contribution >= 4 is 17.7 Å². The van der Waals surface area contributed by atoms with Crippen molar-refractivity contribution in [2.45, 2.75) is 19.4 Å². The van der Waals surface area contributed by atoms with E-state index in [1.165, 1.54) is 6.92 Å². The van der Waals surface area contributed by atoms with E-state index in [4.69, 9.17) is 14.6 Å². The SMILES string of the molecule is Cc1cc(F)c(F)c(OCC(=O)C(CC(=O)O)NC(=O)[C@H]2CNCCOC2)c1F. The number of carboxylic acid groups (broad SMARTS) is 1. The Hall–Kier alpha value is -2.66. The maximum atomic E-state index is 14.0. The van der Waals surface area contributed by atoms with Gasteiger partial charge in [0.1, 0.15) is 12.6 Å². The van der Waals surface area contributed by atoms with E-state index in [1.54, 1.807) is 0 Å². The number of rotatable bonds is 8. The molecule has 0 spiro atoms. The van der Waals surface area contributed by atoms with E-state index < -0.39 is 65.8 Å². The molecule has 29 heavy (non-hydrogen) atoms. The van der Waals surface area contributed by atoms with Gasteiger partial charge in [-0.2, -0.15) is 4.39 Å². The van der Waals surface area contributed by atoms with E-state index >= 15 is 0 Å². The Kier molecular flexibility index (Phi) is 7.97. The van der Waals surface area contributed by atoms with E-state index in [0.29, 0.717) is 19.2 Å². The Morgan fingerprint density at radius 2 is 2.07 bits per heavy atom. The lowest BCUT2D eigenvalue weighted by atomic mass is 10.1. The van der Waals surface area contributed by atoms with Crippen LogP contribution in [-0.2, 0) is 19.1 Å². The fraction of sp³-hybridized carbons (Fsp3) is 0.500. The molecule has 11 heteroatoms. The zero-order valence-electron chi connectivity index (χ0n) is 15.6. The maximum absolute atomic E-state index is 14.0. The van der Waals surface area contributed by atoms with Gasteiger partial charge in [-0.15, -0.1) is 0 Å². The van der Waals surface area contributed by atoms with Crippen LogP contribution in [0.25, 0.3) is 0 Å². The maximum Gasteiger partial charge on any atom is 0.305 e. The highest BCUT2D eigenvalue weighted by atomic mass is 19.2. The van der Waals surface area contributed by atoms with Crippen LogP contribution in [0.3, 0.4) is 0 Å². The number of halogens is 3. The second-order valence-electron chi connectivity index (χ2n) is 6.52. The number of nitrogens with one attached hydrogen (secondary N) is 2. The van der Waals surface area contributed by atoms with Gasteiger partial charge in [-0.3, -0.25) is 14.4 Å². The molecule has 0 bridgehead atoms. The molecule has 1 aromatic rings. The summed E-state index contributed by atoms with van der Waals surface area (Å²) in [7, 11) is 0. The minimum Gasteiger partial charge on any atom is -0.481 e. The van der Waals surface area contributed by atoms with Crippen LogP contribution < -0.4 is 15.4 Å². The van der Waals surface area contributed by atoms with Crippen LogP contribution in [0.2, 0.25) is 0 Å². The monoisotopic (exact) mass is 418 g/mol. The average molecular weight is 418 g/mol. The quantitative estimate of drug-likeness (QED) is 0.529. The predicted octanol–water partition coefficient (Wildman–Crippen LogP) is 0.556. The molecule has 2 atom stereocenters. The lowest BCUT2D eigenvalue weighted by Crippen LogP contribution is -2.48. The second kappa shape index (κ2) is 10.2. The number of carboxylic acids is 1.